The fourth-order valence-corrected chi connectivity index (χ4v) is 4.55. The van der Waals surface area contributed by atoms with Gasteiger partial charge in [-0.25, -0.2) is 0 Å². The van der Waals surface area contributed by atoms with E-state index in [1.54, 1.807) is 24.3 Å². The standard InChI is InChI=1S/C26H20N6OS/c1-17-7-6-9-19(13-17)32-25(21-15-28-23-12-5-3-10-20(21)23)30-31-26(32)34-16-24(33)29-22-11-4-2-8-18(22)14-27/h2-13,15,28H,16H2,1H3,(H,29,33). The van der Waals surface area contributed by atoms with E-state index in [2.05, 4.69) is 32.6 Å². The van der Waals surface area contributed by atoms with E-state index in [1.165, 1.54) is 11.8 Å². The number of hydrogen-bond donors (Lipinski definition) is 2. The molecule has 2 aromatic heterocycles. The summed E-state index contributed by atoms with van der Waals surface area (Å²) in [6.07, 6.45) is 1.93. The summed E-state index contributed by atoms with van der Waals surface area (Å²) >= 11 is 1.30. The number of H-pyrrole nitrogens is 1. The maximum atomic E-state index is 12.7. The Morgan fingerprint density at radius 1 is 1.09 bits per heavy atom. The summed E-state index contributed by atoms with van der Waals surface area (Å²) in [6, 6.07) is 25.2. The number of benzene rings is 3. The number of hydrogen-bond acceptors (Lipinski definition) is 5. The molecule has 0 unspecified atom stereocenters. The highest BCUT2D eigenvalue weighted by atomic mass is 32.2. The molecule has 0 atom stereocenters. The summed E-state index contributed by atoms with van der Waals surface area (Å²) in [5, 5.41) is 22.7. The Labute approximate surface area is 200 Å². The number of aryl methyl sites for hydroxylation is 1. The van der Waals surface area contributed by atoms with E-state index < -0.39 is 0 Å². The first-order valence-corrected chi connectivity index (χ1v) is 11.6. The van der Waals surface area contributed by atoms with Crippen molar-refractivity contribution in [2.24, 2.45) is 0 Å². The van der Waals surface area contributed by atoms with Crippen LogP contribution in [0.1, 0.15) is 11.1 Å². The lowest BCUT2D eigenvalue weighted by Crippen LogP contribution is -2.15. The molecule has 166 valence electrons. The van der Waals surface area contributed by atoms with Crippen LogP contribution in [0.25, 0.3) is 28.0 Å². The van der Waals surface area contributed by atoms with Gasteiger partial charge >= 0.3 is 0 Å². The molecule has 0 radical (unpaired) electrons. The molecule has 0 saturated carbocycles. The Morgan fingerprint density at radius 3 is 2.76 bits per heavy atom. The smallest absolute Gasteiger partial charge is 0.234 e. The lowest BCUT2D eigenvalue weighted by molar-refractivity contribution is -0.113. The van der Waals surface area contributed by atoms with Gasteiger partial charge in [0.15, 0.2) is 11.0 Å². The zero-order chi connectivity index (χ0) is 23.5. The van der Waals surface area contributed by atoms with E-state index in [4.69, 9.17) is 0 Å². The van der Waals surface area contributed by atoms with E-state index in [1.807, 2.05) is 60.2 Å². The van der Waals surface area contributed by atoms with Crippen LogP contribution in [-0.2, 0) is 4.79 Å². The number of carbonyl (C=O) groups excluding carboxylic acids is 1. The first kappa shape index (κ1) is 21.5. The van der Waals surface area contributed by atoms with Gasteiger partial charge in [-0.15, -0.1) is 10.2 Å². The Morgan fingerprint density at radius 2 is 1.91 bits per heavy atom. The second kappa shape index (κ2) is 9.25. The van der Waals surface area contributed by atoms with Crippen molar-refractivity contribution >= 4 is 34.3 Å². The van der Waals surface area contributed by atoms with Crippen molar-refractivity contribution in [3.8, 4) is 23.1 Å². The second-order valence-corrected chi connectivity index (χ2v) is 8.67. The van der Waals surface area contributed by atoms with Crippen molar-refractivity contribution in [3.05, 3.63) is 90.1 Å². The van der Waals surface area contributed by atoms with Crippen molar-refractivity contribution in [1.82, 2.24) is 19.7 Å². The number of nitrogens with one attached hydrogen (secondary N) is 2. The van der Waals surface area contributed by atoms with E-state index >= 15 is 0 Å². The number of nitriles is 1. The number of nitrogens with zero attached hydrogens (tertiary/aromatic N) is 4. The lowest BCUT2D eigenvalue weighted by atomic mass is 10.1. The highest BCUT2D eigenvalue weighted by molar-refractivity contribution is 7.99. The largest absolute Gasteiger partial charge is 0.360 e. The maximum absolute atomic E-state index is 12.7. The number of para-hydroxylation sites is 2. The molecule has 5 rings (SSSR count). The topological polar surface area (TPSA) is 99.4 Å². The zero-order valence-electron chi connectivity index (χ0n) is 18.3. The average Bonchev–Trinajstić information content (AvgIpc) is 3.47. The zero-order valence-corrected chi connectivity index (χ0v) is 19.1. The van der Waals surface area contributed by atoms with Gasteiger partial charge in [0, 0.05) is 28.4 Å². The van der Waals surface area contributed by atoms with Gasteiger partial charge in [-0.1, -0.05) is 54.2 Å². The number of aromatic amines is 1. The summed E-state index contributed by atoms with van der Waals surface area (Å²) in [6.45, 7) is 2.03. The summed E-state index contributed by atoms with van der Waals surface area (Å²) < 4.78 is 1.98. The predicted molar refractivity (Wildman–Crippen MR) is 134 cm³/mol. The number of amides is 1. The minimum atomic E-state index is -0.222. The van der Waals surface area contributed by atoms with E-state index in [-0.39, 0.29) is 11.7 Å². The van der Waals surface area contributed by atoms with Gasteiger partial charge in [-0.2, -0.15) is 5.26 Å². The van der Waals surface area contributed by atoms with Crippen LogP contribution in [0.5, 0.6) is 0 Å². The van der Waals surface area contributed by atoms with E-state index in [9.17, 15) is 10.1 Å². The van der Waals surface area contributed by atoms with E-state index in [0.717, 1.165) is 27.7 Å². The summed E-state index contributed by atoms with van der Waals surface area (Å²) in [7, 11) is 0. The third-order valence-electron chi connectivity index (χ3n) is 5.38. The molecule has 0 aliphatic carbocycles. The highest BCUT2D eigenvalue weighted by Crippen LogP contribution is 2.32. The Hall–Kier alpha value is -4.35. The molecule has 0 aliphatic rings. The Balaban J connectivity index is 1.48. The fourth-order valence-electron chi connectivity index (χ4n) is 3.80. The first-order chi connectivity index (χ1) is 16.6. The first-order valence-electron chi connectivity index (χ1n) is 10.6. The molecule has 0 spiro atoms. The van der Waals surface area contributed by atoms with Crippen LogP contribution in [0.4, 0.5) is 5.69 Å². The van der Waals surface area contributed by atoms with Crippen LogP contribution >= 0.6 is 11.8 Å². The van der Waals surface area contributed by atoms with Crippen molar-refractivity contribution < 1.29 is 4.79 Å². The van der Waals surface area contributed by atoms with Gasteiger partial charge < -0.3 is 10.3 Å². The molecule has 34 heavy (non-hydrogen) atoms. The predicted octanol–water partition coefficient (Wildman–Crippen LogP) is 5.33. The molecule has 2 heterocycles. The van der Waals surface area contributed by atoms with Crippen LogP contribution in [0.2, 0.25) is 0 Å². The van der Waals surface area contributed by atoms with Crippen molar-refractivity contribution in [3.63, 3.8) is 0 Å². The third kappa shape index (κ3) is 4.17. The van der Waals surface area contributed by atoms with Crippen molar-refractivity contribution in [1.29, 1.82) is 5.26 Å². The molecule has 0 bridgehead atoms. The van der Waals surface area contributed by atoms with E-state index in [0.29, 0.717) is 22.2 Å². The van der Waals surface area contributed by atoms with Crippen LogP contribution in [0.15, 0.2) is 84.1 Å². The van der Waals surface area contributed by atoms with Gasteiger partial charge in [0.1, 0.15) is 6.07 Å². The van der Waals surface area contributed by atoms with Crippen LogP contribution in [0, 0.1) is 18.3 Å². The number of thioether (sulfide) groups is 1. The maximum Gasteiger partial charge on any atom is 0.234 e. The molecule has 3 aromatic carbocycles. The molecule has 0 saturated heterocycles. The Kier molecular flexibility index (Phi) is 5.85. The van der Waals surface area contributed by atoms with Crippen molar-refractivity contribution in [2.75, 3.05) is 11.1 Å². The molecule has 5 aromatic rings. The summed E-state index contributed by atoms with van der Waals surface area (Å²) in [4.78, 5) is 16.0. The minimum absolute atomic E-state index is 0.123. The molecule has 0 aliphatic heterocycles. The van der Waals surface area contributed by atoms with Gasteiger partial charge in [0.25, 0.3) is 0 Å². The average molecular weight is 465 g/mol. The number of rotatable bonds is 6. The number of carbonyl (C=O) groups is 1. The van der Waals surface area contributed by atoms with Gasteiger partial charge in [-0.05, 0) is 42.8 Å². The SMILES string of the molecule is Cc1cccc(-n2c(SCC(=O)Nc3ccccc3C#N)nnc2-c2c[nH]c3ccccc23)c1. The summed E-state index contributed by atoms with van der Waals surface area (Å²) in [5.74, 6) is 0.596. The highest BCUT2D eigenvalue weighted by Gasteiger charge is 2.20. The second-order valence-electron chi connectivity index (χ2n) is 7.72. The number of fused-ring (bicyclic) bond motifs is 1. The Bertz CT molecular complexity index is 1540. The molecule has 7 nitrogen and oxygen atoms in total. The van der Waals surface area contributed by atoms with Gasteiger partial charge in [-0.3, -0.25) is 9.36 Å². The normalized spacial score (nSPS) is 10.8. The molecule has 2 N–H and O–H groups in total. The minimum Gasteiger partial charge on any atom is -0.360 e. The van der Waals surface area contributed by atoms with Gasteiger partial charge in [0.05, 0.1) is 17.0 Å². The molecular weight excluding hydrogens is 444 g/mol. The third-order valence-corrected chi connectivity index (χ3v) is 6.31. The molecule has 1 amide bonds. The van der Waals surface area contributed by atoms with Crippen LogP contribution in [0.3, 0.4) is 0 Å². The monoisotopic (exact) mass is 464 g/mol. The quantitative estimate of drug-likeness (QED) is 0.331. The lowest BCUT2D eigenvalue weighted by Gasteiger charge is -2.11. The van der Waals surface area contributed by atoms with Crippen molar-refractivity contribution in [2.45, 2.75) is 12.1 Å². The number of anilines is 1. The van der Waals surface area contributed by atoms with Gasteiger partial charge in [0.2, 0.25) is 5.91 Å². The number of aromatic nitrogens is 4. The molecule has 0 fully saturated rings. The molecule has 8 heteroatoms. The fraction of sp³-hybridized carbons (Fsp3) is 0.0769. The van der Waals surface area contributed by atoms with Crippen LogP contribution < -0.4 is 5.32 Å². The van der Waals surface area contributed by atoms with Crippen LogP contribution in [-0.4, -0.2) is 31.4 Å². The summed E-state index contributed by atoms with van der Waals surface area (Å²) in [5.41, 5.74) is 4.89. The molecular formula is C26H20N6OS.